The number of phenolic OH excluding ortho intramolecular Hbond substituents is 1. The third-order valence-corrected chi connectivity index (χ3v) is 4.12. The Bertz CT molecular complexity index is 553. The van der Waals surface area contributed by atoms with Crippen LogP contribution in [0.2, 0.25) is 0 Å². The van der Waals surface area contributed by atoms with Gasteiger partial charge in [0.15, 0.2) is 0 Å². The first-order chi connectivity index (χ1) is 9.21. The fourth-order valence-corrected chi connectivity index (χ4v) is 2.53. The van der Waals surface area contributed by atoms with E-state index in [2.05, 4.69) is 24.3 Å². The molecule has 0 atom stereocenters. The normalized spacial score (nSPS) is 16.3. The Labute approximate surface area is 113 Å². The van der Waals surface area contributed by atoms with E-state index in [1.807, 2.05) is 12.1 Å². The number of rotatable bonds is 4. The summed E-state index contributed by atoms with van der Waals surface area (Å²) in [6.45, 7) is 0.798. The molecule has 0 amide bonds. The lowest BCUT2D eigenvalue weighted by Crippen LogP contribution is -2.17. The van der Waals surface area contributed by atoms with Crippen LogP contribution in [0.15, 0.2) is 48.5 Å². The van der Waals surface area contributed by atoms with Crippen LogP contribution in [-0.2, 0) is 6.42 Å². The van der Waals surface area contributed by atoms with E-state index < -0.39 is 0 Å². The second-order valence-electron chi connectivity index (χ2n) is 5.62. The zero-order valence-corrected chi connectivity index (χ0v) is 11.0. The van der Waals surface area contributed by atoms with Gasteiger partial charge in [-0.15, -0.1) is 0 Å². The lowest BCUT2D eigenvalue weighted by Gasteiger charge is -2.12. The third kappa shape index (κ3) is 2.64. The van der Waals surface area contributed by atoms with Gasteiger partial charge in [0.25, 0.3) is 0 Å². The molecule has 0 aromatic heterocycles. The Morgan fingerprint density at radius 1 is 0.895 bits per heavy atom. The van der Waals surface area contributed by atoms with Gasteiger partial charge in [-0.05, 0) is 60.0 Å². The van der Waals surface area contributed by atoms with Crippen LogP contribution in [0.5, 0.6) is 5.75 Å². The van der Waals surface area contributed by atoms with E-state index in [9.17, 15) is 5.11 Å². The molecule has 0 radical (unpaired) electrons. The zero-order chi connectivity index (χ0) is 13.3. The van der Waals surface area contributed by atoms with Crippen LogP contribution in [0.25, 0.3) is 11.1 Å². The molecule has 2 aromatic rings. The van der Waals surface area contributed by atoms with Gasteiger partial charge in [-0.25, -0.2) is 0 Å². The summed E-state index contributed by atoms with van der Waals surface area (Å²) in [4.78, 5) is 0. The highest BCUT2D eigenvalue weighted by Crippen LogP contribution is 2.47. The molecule has 19 heavy (non-hydrogen) atoms. The maximum Gasteiger partial charge on any atom is 0.115 e. The maximum absolute atomic E-state index is 9.30. The van der Waals surface area contributed by atoms with Crippen molar-refractivity contribution in [3.05, 3.63) is 54.1 Å². The van der Waals surface area contributed by atoms with E-state index in [-0.39, 0.29) is 0 Å². The Hall–Kier alpha value is -1.80. The van der Waals surface area contributed by atoms with Crippen LogP contribution >= 0.6 is 0 Å². The van der Waals surface area contributed by atoms with Gasteiger partial charge in [-0.2, -0.15) is 0 Å². The fraction of sp³-hybridized carbons (Fsp3) is 0.294. The van der Waals surface area contributed by atoms with Gasteiger partial charge in [-0.3, -0.25) is 0 Å². The highest BCUT2D eigenvalue weighted by atomic mass is 16.3. The van der Waals surface area contributed by atoms with Crippen LogP contribution in [0, 0.1) is 5.41 Å². The molecule has 2 heteroatoms. The van der Waals surface area contributed by atoms with E-state index in [0.29, 0.717) is 11.2 Å². The van der Waals surface area contributed by atoms with E-state index in [0.717, 1.165) is 18.5 Å². The molecule has 2 aromatic carbocycles. The molecule has 0 bridgehead atoms. The van der Waals surface area contributed by atoms with Crippen molar-refractivity contribution < 1.29 is 5.11 Å². The second-order valence-corrected chi connectivity index (χ2v) is 5.62. The van der Waals surface area contributed by atoms with Crippen LogP contribution < -0.4 is 5.73 Å². The predicted molar refractivity (Wildman–Crippen MR) is 78.0 cm³/mol. The van der Waals surface area contributed by atoms with Gasteiger partial charge < -0.3 is 10.8 Å². The van der Waals surface area contributed by atoms with E-state index in [1.165, 1.54) is 24.0 Å². The van der Waals surface area contributed by atoms with Crippen molar-refractivity contribution in [2.45, 2.75) is 19.3 Å². The molecule has 98 valence electrons. The van der Waals surface area contributed by atoms with Crippen molar-refractivity contribution in [3.8, 4) is 16.9 Å². The molecule has 0 saturated heterocycles. The molecule has 0 heterocycles. The summed E-state index contributed by atoms with van der Waals surface area (Å²) < 4.78 is 0. The van der Waals surface area contributed by atoms with Crippen LogP contribution in [0.3, 0.4) is 0 Å². The summed E-state index contributed by atoms with van der Waals surface area (Å²) in [5.41, 5.74) is 9.89. The molecule has 3 rings (SSSR count). The highest BCUT2D eigenvalue weighted by molar-refractivity contribution is 5.64. The van der Waals surface area contributed by atoms with Crippen molar-refractivity contribution in [1.82, 2.24) is 0 Å². The lowest BCUT2D eigenvalue weighted by atomic mass is 9.95. The minimum Gasteiger partial charge on any atom is -0.508 e. The quantitative estimate of drug-likeness (QED) is 0.877. The Kier molecular flexibility index (Phi) is 3.03. The lowest BCUT2D eigenvalue weighted by molar-refractivity contribution is 0.475. The Balaban J connectivity index is 1.77. The molecular formula is C17H19NO. The summed E-state index contributed by atoms with van der Waals surface area (Å²) in [5, 5.41) is 9.30. The van der Waals surface area contributed by atoms with Crippen molar-refractivity contribution >= 4 is 0 Å². The molecular weight excluding hydrogens is 234 g/mol. The molecule has 0 spiro atoms. The monoisotopic (exact) mass is 253 g/mol. The molecule has 1 saturated carbocycles. The number of nitrogens with two attached hydrogens (primary N) is 1. The highest BCUT2D eigenvalue weighted by Gasteiger charge is 2.40. The number of phenols is 1. The number of hydrogen-bond donors (Lipinski definition) is 2. The molecule has 2 nitrogen and oxygen atoms in total. The number of hydrogen-bond acceptors (Lipinski definition) is 2. The van der Waals surface area contributed by atoms with Crippen LogP contribution in [-0.4, -0.2) is 11.7 Å². The largest absolute Gasteiger partial charge is 0.508 e. The predicted octanol–water partition coefficient (Wildman–Crippen LogP) is 3.34. The second kappa shape index (κ2) is 4.71. The Morgan fingerprint density at radius 3 is 1.89 bits per heavy atom. The summed E-state index contributed by atoms with van der Waals surface area (Å²) in [5.74, 6) is 0.305. The first-order valence-electron chi connectivity index (χ1n) is 6.79. The molecule has 0 unspecified atom stereocenters. The topological polar surface area (TPSA) is 46.2 Å². The van der Waals surface area contributed by atoms with Crippen molar-refractivity contribution in [2.24, 2.45) is 11.1 Å². The Morgan fingerprint density at radius 2 is 1.42 bits per heavy atom. The van der Waals surface area contributed by atoms with E-state index in [4.69, 9.17) is 5.73 Å². The summed E-state index contributed by atoms with van der Waals surface area (Å²) in [7, 11) is 0. The minimum atomic E-state index is 0.305. The number of benzene rings is 2. The molecule has 3 N–H and O–H groups in total. The first kappa shape index (κ1) is 12.2. The van der Waals surface area contributed by atoms with Gasteiger partial charge in [0.1, 0.15) is 5.75 Å². The zero-order valence-electron chi connectivity index (χ0n) is 11.0. The summed E-state index contributed by atoms with van der Waals surface area (Å²) in [6, 6.07) is 16.0. The fourth-order valence-electron chi connectivity index (χ4n) is 2.53. The number of aromatic hydroxyl groups is 1. The van der Waals surface area contributed by atoms with Gasteiger partial charge in [0.2, 0.25) is 0 Å². The van der Waals surface area contributed by atoms with Crippen molar-refractivity contribution in [2.75, 3.05) is 6.54 Å². The van der Waals surface area contributed by atoms with Crippen LogP contribution in [0.1, 0.15) is 18.4 Å². The summed E-state index contributed by atoms with van der Waals surface area (Å²) >= 11 is 0. The first-order valence-corrected chi connectivity index (χ1v) is 6.79. The van der Waals surface area contributed by atoms with E-state index >= 15 is 0 Å². The molecule has 1 aliphatic rings. The van der Waals surface area contributed by atoms with Gasteiger partial charge in [0.05, 0.1) is 0 Å². The van der Waals surface area contributed by atoms with Gasteiger partial charge in [-0.1, -0.05) is 36.4 Å². The molecule has 1 fully saturated rings. The smallest absolute Gasteiger partial charge is 0.115 e. The van der Waals surface area contributed by atoms with Crippen molar-refractivity contribution in [3.63, 3.8) is 0 Å². The van der Waals surface area contributed by atoms with Crippen molar-refractivity contribution in [1.29, 1.82) is 0 Å². The molecule has 0 aliphatic heterocycles. The van der Waals surface area contributed by atoms with E-state index in [1.54, 1.807) is 12.1 Å². The molecule has 1 aliphatic carbocycles. The standard InChI is InChI=1S/C17H19NO/c18-12-17(9-10-17)11-13-1-3-14(4-2-13)15-5-7-16(19)8-6-15/h1-8,19H,9-12,18H2. The SMILES string of the molecule is NCC1(Cc2ccc(-c3ccc(O)cc3)cc2)CC1. The maximum atomic E-state index is 9.30. The summed E-state index contributed by atoms with van der Waals surface area (Å²) in [6.07, 6.45) is 3.63. The minimum absolute atomic E-state index is 0.305. The third-order valence-electron chi connectivity index (χ3n) is 4.12. The average molecular weight is 253 g/mol. The van der Waals surface area contributed by atoms with Crippen LogP contribution in [0.4, 0.5) is 0 Å². The van der Waals surface area contributed by atoms with Gasteiger partial charge in [0, 0.05) is 0 Å². The average Bonchev–Trinajstić information content (AvgIpc) is 3.21. The van der Waals surface area contributed by atoms with Gasteiger partial charge >= 0.3 is 0 Å².